The molecule has 7 nitrogen and oxygen atoms in total. The van der Waals surface area contributed by atoms with Crippen molar-refractivity contribution in [3.05, 3.63) is 59.0 Å². The van der Waals surface area contributed by atoms with Crippen LogP contribution < -0.4 is 10.8 Å². The van der Waals surface area contributed by atoms with Crippen molar-refractivity contribution >= 4 is 29.4 Å². The highest BCUT2D eigenvalue weighted by molar-refractivity contribution is 6.33. The molecule has 0 radical (unpaired) electrons. The largest absolute Gasteiger partial charge is 0.366 e. The predicted molar refractivity (Wildman–Crippen MR) is 104 cm³/mol. The van der Waals surface area contributed by atoms with Crippen molar-refractivity contribution in [2.24, 2.45) is 0 Å². The zero-order chi connectivity index (χ0) is 19.1. The highest BCUT2D eigenvalue weighted by Gasteiger charge is 2.20. The number of anilines is 1. The molecule has 0 spiro atoms. The Morgan fingerprint density at radius 2 is 2.15 bits per heavy atom. The maximum absolute atomic E-state index is 11.0. The van der Waals surface area contributed by atoms with E-state index >= 15 is 0 Å². The second kappa shape index (κ2) is 9.45. The number of rotatable bonds is 6. The van der Waals surface area contributed by atoms with E-state index in [9.17, 15) is 4.79 Å². The first-order chi connectivity index (χ1) is 13.1. The summed E-state index contributed by atoms with van der Waals surface area (Å²) in [5.41, 5.74) is 3.30. The van der Waals surface area contributed by atoms with Crippen molar-refractivity contribution in [3.63, 3.8) is 0 Å². The molecule has 3 N–H and O–H groups in total. The van der Waals surface area contributed by atoms with Crippen LogP contribution in [0.15, 0.2) is 42.7 Å². The summed E-state index contributed by atoms with van der Waals surface area (Å²) in [4.78, 5) is 22.2. The number of hydrogen-bond acceptors (Lipinski definition) is 6. The zero-order valence-electron chi connectivity index (χ0n) is 14.8. The average molecular weight is 388 g/mol. The molecule has 27 heavy (non-hydrogen) atoms. The van der Waals surface area contributed by atoms with Crippen LogP contribution in [-0.2, 0) is 11.3 Å². The number of nitrogens with one attached hydrogen (secondary N) is 2. The van der Waals surface area contributed by atoms with Crippen LogP contribution >= 0.6 is 11.6 Å². The number of carbonyl (C=O) groups excluding carboxylic acids is 1. The van der Waals surface area contributed by atoms with Gasteiger partial charge in [-0.25, -0.2) is 10.5 Å². The molecule has 1 amide bonds. The number of hydrogen-bond donors (Lipinski definition) is 3. The summed E-state index contributed by atoms with van der Waals surface area (Å²) in [6, 6.07) is 8.04. The van der Waals surface area contributed by atoms with E-state index in [0.29, 0.717) is 22.4 Å². The normalized spacial score (nSPS) is 15.8. The molecule has 1 fully saturated rings. The van der Waals surface area contributed by atoms with Crippen LogP contribution in [0.1, 0.15) is 24.1 Å². The van der Waals surface area contributed by atoms with Crippen molar-refractivity contribution in [3.8, 4) is 0 Å². The number of hydroxylamine groups is 1. The smallest absolute Gasteiger partial charge is 0.267 e. The molecule has 0 unspecified atom stereocenters. The molecule has 142 valence electrons. The second-order valence-electron chi connectivity index (χ2n) is 6.42. The van der Waals surface area contributed by atoms with Gasteiger partial charge in [0, 0.05) is 44.1 Å². The number of likely N-dealkylation sites (tertiary alicyclic amines) is 1. The van der Waals surface area contributed by atoms with Gasteiger partial charge in [-0.2, -0.15) is 0 Å². The lowest BCUT2D eigenvalue weighted by Gasteiger charge is -2.32. The molecule has 1 saturated heterocycles. The third-order valence-electron chi connectivity index (χ3n) is 4.44. The second-order valence-corrected chi connectivity index (χ2v) is 6.83. The third kappa shape index (κ3) is 5.75. The Morgan fingerprint density at radius 1 is 1.33 bits per heavy atom. The molecule has 2 aromatic rings. The van der Waals surface area contributed by atoms with Crippen LogP contribution in [0.2, 0.25) is 5.02 Å². The van der Waals surface area contributed by atoms with Gasteiger partial charge >= 0.3 is 0 Å². The van der Waals surface area contributed by atoms with Crippen molar-refractivity contribution in [2.45, 2.75) is 25.4 Å². The summed E-state index contributed by atoms with van der Waals surface area (Å²) < 4.78 is 0. The highest BCUT2D eigenvalue weighted by Crippen LogP contribution is 2.24. The minimum absolute atomic E-state index is 0.316. The molecule has 3 heterocycles. The summed E-state index contributed by atoms with van der Waals surface area (Å²) in [5.74, 6) is 0.0365. The first-order valence-corrected chi connectivity index (χ1v) is 9.18. The quantitative estimate of drug-likeness (QED) is 0.401. The molecule has 2 aromatic heterocycles. The highest BCUT2D eigenvalue weighted by atomic mass is 35.5. The molecular formula is C19H22ClN5O2. The lowest BCUT2D eigenvalue weighted by Crippen LogP contribution is -2.39. The van der Waals surface area contributed by atoms with Gasteiger partial charge in [0.2, 0.25) is 0 Å². The van der Waals surface area contributed by atoms with Crippen LogP contribution in [-0.4, -0.2) is 45.1 Å². The molecule has 0 aliphatic carbocycles. The molecular weight excluding hydrogens is 366 g/mol. The van der Waals surface area contributed by atoms with Gasteiger partial charge in [0.05, 0.1) is 10.7 Å². The molecule has 1 aliphatic heterocycles. The van der Waals surface area contributed by atoms with E-state index in [1.54, 1.807) is 12.3 Å². The van der Waals surface area contributed by atoms with Crippen molar-refractivity contribution in [1.82, 2.24) is 20.3 Å². The average Bonchev–Trinajstić information content (AvgIpc) is 2.70. The van der Waals surface area contributed by atoms with Gasteiger partial charge in [0.15, 0.2) is 0 Å². The minimum atomic E-state index is -0.606. The maximum Gasteiger partial charge on any atom is 0.267 e. The lowest BCUT2D eigenvalue weighted by atomic mass is 10.0. The van der Waals surface area contributed by atoms with E-state index in [1.165, 1.54) is 17.6 Å². The first-order valence-electron chi connectivity index (χ1n) is 8.80. The standard InChI is InChI=1S/C19H22ClN5O2/c20-17-11-14(4-5-18(26)24-27)12-22-19(17)23-15-6-9-25(10-7-15)13-16-3-1-2-8-21-16/h1-5,8,11-12,15,27H,6-7,9-10,13H2,(H,22,23)(H,24,26)/b5-4+. The number of pyridine rings is 2. The molecule has 0 bridgehead atoms. The van der Waals surface area contributed by atoms with E-state index in [2.05, 4.69) is 20.2 Å². The summed E-state index contributed by atoms with van der Waals surface area (Å²) in [7, 11) is 0. The first kappa shape index (κ1) is 19.3. The number of amides is 1. The van der Waals surface area contributed by atoms with E-state index in [4.69, 9.17) is 16.8 Å². The van der Waals surface area contributed by atoms with Crippen LogP contribution in [0, 0.1) is 0 Å². The van der Waals surface area contributed by atoms with Gasteiger partial charge in [-0.15, -0.1) is 0 Å². The number of carbonyl (C=O) groups is 1. The minimum Gasteiger partial charge on any atom is -0.366 e. The maximum atomic E-state index is 11.0. The summed E-state index contributed by atoms with van der Waals surface area (Å²) in [6.07, 6.45) is 8.20. The molecule has 3 rings (SSSR count). The van der Waals surface area contributed by atoms with Crippen molar-refractivity contribution in [2.75, 3.05) is 18.4 Å². The molecule has 1 aliphatic rings. The lowest BCUT2D eigenvalue weighted by molar-refractivity contribution is -0.124. The Labute approximate surface area is 163 Å². The monoisotopic (exact) mass is 387 g/mol. The van der Waals surface area contributed by atoms with Crippen LogP contribution in [0.25, 0.3) is 6.08 Å². The molecule has 8 heteroatoms. The Bertz CT molecular complexity index is 792. The molecule has 0 atom stereocenters. The van der Waals surface area contributed by atoms with Gasteiger partial charge in [-0.3, -0.25) is 19.9 Å². The Kier molecular flexibility index (Phi) is 6.75. The number of aromatic nitrogens is 2. The van der Waals surface area contributed by atoms with E-state index < -0.39 is 5.91 Å². The number of nitrogens with zero attached hydrogens (tertiary/aromatic N) is 3. The summed E-state index contributed by atoms with van der Waals surface area (Å²) >= 11 is 6.31. The van der Waals surface area contributed by atoms with E-state index in [1.807, 2.05) is 24.4 Å². The van der Waals surface area contributed by atoms with Crippen LogP contribution in [0.3, 0.4) is 0 Å². The Balaban J connectivity index is 1.51. The topological polar surface area (TPSA) is 90.4 Å². The van der Waals surface area contributed by atoms with Gasteiger partial charge in [-0.1, -0.05) is 17.7 Å². The molecule has 0 aromatic carbocycles. The van der Waals surface area contributed by atoms with E-state index in [-0.39, 0.29) is 0 Å². The molecule has 0 saturated carbocycles. The van der Waals surface area contributed by atoms with Gasteiger partial charge < -0.3 is 5.32 Å². The zero-order valence-corrected chi connectivity index (χ0v) is 15.6. The fourth-order valence-corrected chi connectivity index (χ4v) is 3.24. The number of halogens is 1. The SMILES string of the molecule is O=C(/C=C/c1cnc(NC2CCN(Cc3ccccn3)CC2)c(Cl)c1)NO. The predicted octanol–water partition coefficient (Wildman–Crippen LogP) is 2.73. The van der Waals surface area contributed by atoms with Gasteiger partial charge in [0.1, 0.15) is 5.82 Å². The number of piperidine rings is 1. The van der Waals surface area contributed by atoms with Crippen molar-refractivity contribution in [1.29, 1.82) is 0 Å². The van der Waals surface area contributed by atoms with Crippen LogP contribution in [0.4, 0.5) is 5.82 Å². The fourth-order valence-electron chi connectivity index (χ4n) is 3.01. The summed E-state index contributed by atoms with van der Waals surface area (Å²) in [6.45, 7) is 2.85. The summed E-state index contributed by atoms with van der Waals surface area (Å²) in [5, 5.41) is 12.4. The van der Waals surface area contributed by atoms with Crippen molar-refractivity contribution < 1.29 is 10.0 Å². The third-order valence-corrected chi connectivity index (χ3v) is 4.73. The Morgan fingerprint density at radius 3 is 2.81 bits per heavy atom. The van der Waals surface area contributed by atoms with Crippen LogP contribution in [0.5, 0.6) is 0 Å². The van der Waals surface area contributed by atoms with Gasteiger partial charge in [-0.05, 0) is 42.7 Å². The fraction of sp³-hybridized carbons (Fsp3) is 0.316. The van der Waals surface area contributed by atoms with Gasteiger partial charge in [0.25, 0.3) is 5.91 Å². The van der Waals surface area contributed by atoms with E-state index in [0.717, 1.165) is 38.2 Å². The Hall–Kier alpha value is -2.48.